The van der Waals surface area contributed by atoms with E-state index in [1.165, 1.54) is 44.9 Å². The second kappa shape index (κ2) is 4.51. The lowest BCUT2D eigenvalue weighted by Gasteiger charge is -2.57. The Morgan fingerprint density at radius 2 is 2.05 bits per heavy atom. The molecule has 1 nitrogen and oxygen atoms in total. The molecule has 0 N–H and O–H groups in total. The molecule has 1 aromatic carbocycles. The highest BCUT2D eigenvalue weighted by molar-refractivity contribution is 5.45. The van der Waals surface area contributed by atoms with Gasteiger partial charge in [-0.25, -0.2) is 0 Å². The van der Waals surface area contributed by atoms with Gasteiger partial charge in [0.2, 0.25) is 0 Å². The summed E-state index contributed by atoms with van der Waals surface area (Å²) < 4.78 is 5.52. The van der Waals surface area contributed by atoms with Crippen LogP contribution in [0.15, 0.2) is 18.2 Å². The Morgan fingerprint density at radius 3 is 2.90 bits per heavy atom. The van der Waals surface area contributed by atoms with Crippen LogP contribution in [0.2, 0.25) is 0 Å². The van der Waals surface area contributed by atoms with Crippen molar-refractivity contribution in [2.24, 2.45) is 17.8 Å². The average molecular weight is 270 g/mol. The molecule has 2 fully saturated rings. The van der Waals surface area contributed by atoms with Gasteiger partial charge in [0, 0.05) is 0 Å². The first-order chi connectivity index (χ1) is 9.74. The predicted molar refractivity (Wildman–Crippen MR) is 82.2 cm³/mol. The molecule has 2 saturated carbocycles. The van der Waals surface area contributed by atoms with Crippen molar-refractivity contribution in [2.45, 2.75) is 57.3 Å². The molecule has 3 aliphatic rings. The lowest BCUT2D eigenvalue weighted by Crippen LogP contribution is -2.51. The summed E-state index contributed by atoms with van der Waals surface area (Å²) in [5, 5.41) is 0. The second-order valence-corrected chi connectivity index (χ2v) is 7.42. The van der Waals surface area contributed by atoms with Gasteiger partial charge >= 0.3 is 0 Å². The van der Waals surface area contributed by atoms with Gasteiger partial charge in [0.05, 0.1) is 7.11 Å². The zero-order chi connectivity index (χ0) is 13.7. The Kier molecular flexibility index (Phi) is 2.87. The van der Waals surface area contributed by atoms with E-state index in [1.807, 2.05) is 0 Å². The summed E-state index contributed by atoms with van der Waals surface area (Å²) in [4.78, 5) is 0. The van der Waals surface area contributed by atoms with Crippen LogP contribution >= 0.6 is 0 Å². The maximum absolute atomic E-state index is 5.52. The first kappa shape index (κ1) is 12.7. The molecule has 2 bridgehead atoms. The summed E-state index contributed by atoms with van der Waals surface area (Å²) in [6.45, 7) is 2.50. The van der Waals surface area contributed by atoms with Crippen LogP contribution < -0.4 is 4.74 Å². The highest BCUT2D eigenvalue weighted by Crippen LogP contribution is 2.60. The molecule has 3 aliphatic carbocycles. The zero-order valence-electron chi connectivity index (χ0n) is 12.8. The topological polar surface area (TPSA) is 9.23 Å². The Labute approximate surface area is 122 Å². The lowest BCUT2D eigenvalue weighted by molar-refractivity contribution is 0.0174. The number of rotatable bonds is 1. The zero-order valence-corrected chi connectivity index (χ0v) is 12.8. The monoisotopic (exact) mass is 270 g/mol. The van der Waals surface area contributed by atoms with E-state index in [0.717, 1.165) is 23.5 Å². The van der Waals surface area contributed by atoms with Crippen LogP contribution in [0.5, 0.6) is 5.75 Å². The third kappa shape index (κ3) is 1.61. The molecule has 0 radical (unpaired) electrons. The number of benzene rings is 1. The number of hydrogen-bond acceptors (Lipinski definition) is 1. The molecule has 0 aromatic heterocycles. The van der Waals surface area contributed by atoms with Gasteiger partial charge < -0.3 is 4.74 Å². The maximum Gasteiger partial charge on any atom is 0.119 e. The van der Waals surface area contributed by atoms with Crippen molar-refractivity contribution in [3.63, 3.8) is 0 Å². The van der Waals surface area contributed by atoms with Gasteiger partial charge in [0.1, 0.15) is 5.75 Å². The molecule has 1 aromatic rings. The van der Waals surface area contributed by atoms with Gasteiger partial charge in [-0.1, -0.05) is 25.8 Å². The average Bonchev–Trinajstić information content (AvgIpc) is 2.50. The second-order valence-electron chi connectivity index (χ2n) is 7.42. The minimum absolute atomic E-state index is 0.498. The number of methoxy groups -OCH3 is 1. The Bertz CT molecular complexity index is 520. The van der Waals surface area contributed by atoms with E-state index in [2.05, 4.69) is 25.1 Å². The van der Waals surface area contributed by atoms with Crippen molar-refractivity contribution >= 4 is 0 Å². The maximum atomic E-state index is 5.52. The van der Waals surface area contributed by atoms with Gasteiger partial charge in [-0.05, 0) is 78.5 Å². The van der Waals surface area contributed by atoms with Gasteiger partial charge in [0.25, 0.3) is 0 Å². The first-order valence-corrected chi connectivity index (χ1v) is 8.42. The van der Waals surface area contributed by atoms with Crippen LogP contribution in [0.4, 0.5) is 0 Å². The van der Waals surface area contributed by atoms with Crippen molar-refractivity contribution in [1.29, 1.82) is 0 Å². The van der Waals surface area contributed by atoms with Crippen LogP contribution in [-0.4, -0.2) is 7.11 Å². The summed E-state index contributed by atoms with van der Waals surface area (Å²) in [6, 6.07) is 6.89. The normalized spacial score (nSPS) is 38.8. The molecule has 4 atom stereocenters. The van der Waals surface area contributed by atoms with Crippen LogP contribution in [0.3, 0.4) is 0 Å². The van der Waals surface area contributed by atoms with Crippen molar-refractivity contribution in [2.75, 3.05) is 7.11 Å². The Balaban J connectivity index is 1.88. The molecule has 2 unspecified atom stereocenters. The van der Waals surface area contributed by atoms with E-state index in [9.17, 15) is 0 Å². The van der Waals surface area contributed by atoms with E-state index < -0.39 is 0 Å². The molecule has 0 amide bonds. The molecule has 0 aliphatic heterocycles. The predicted octanol–water partition coefficient (Wildman–Crippen LogP) is 4.73. The smallest absolute Gasteiger partial charge is 0.119 e. The summed E-state index contributed by atoms with van der Waals surface area (Å²) in [5.74, 6) is 3.85. The van der Waals surface area contributed by atoms with E-state index in [0.29, 0.717) is 5.41 Å². The van der Waals surface area contributed by atoms with Crippen LogP contribution in [0, 0.1) is 17.8 Å². The minimum atomic E-state index is 0.498. The standard InChI is InChI=1S/C19H26O/c1-13-8-10-19-9-4-3-5-17(19)16(13)11-14-6-7-15(20-2)12-18(14)19/h6-7,12-13,16-17H,3-5,8-11H2,1-2H3/t13?,16-,17?,19+/m0/s1. The summed E-state index contributed by atoms with van der Waals surface area (Å²) in [5.41, 5.74) is 3.78. The van der Waals surface area contributed by atoms with E-state index >= 15 is 0 Å². The van der Waals surface area contributed by atoms with E-state index in [1.54, 1.807) is 18.2 Å². The van der Waals surface area contributed by atoms with Crippen molar-refractivity contribution in [3.05, 3.63) is 29.3 Å². The fourth-order valence-electron chi connectivity index (χ4n) is 5.69. The number of ether oxygens (including phenoxy) is 1. The fourth-order valence-corrected chi connectivity index (χ4v) is 5.69. The van der Waals surface area contributed by atoms with Crippen LogP contribution in [0.25, 0.3) is 0 Å². The first-order valence-electron chi connectivity index (χ1n) is 8.42. The Morgan fingerprint density at radius 1 is 1.15 bits per heavy atom. The summed E-state index contributed by atoms with van der Waals surface area (Å²) >= 11 is 0. The lowest BCUT2D eigenvalue weighted by atomic mass is 9.47. The van der Waals surface area contributed by atoms with E-state index in [4.69, 9.17) is 4.74 Å². The molecular formula is C19H26O. The highest BCUT2D eigenvalue weighted by Gasteiger charge is 2.53. The molecule has 108 valence electrons. The molecular weight excluding hydrogens is 244 g/mol. The van der Waals surface area contributed by atoms with Crippen molar-refractivity contribution in [3.8, 4) is 5.75 Å². The number of fused-ring (bicyclic) bond motifs is 1. The van der Waals surface area contributed by atoms with Gasteiger partial charge in [0.15, 0.2) is 0 Å². The van der Waals surface area contributed by atoms with Crippen LogP contribution in [-0.2, 0) is 11.8 Å². The van der Waals surface area contributed by atoms with E-state index in [-0.39, 0.29) is 0 Å². The molecule has 0 saturated heterocycles. The van der Waals surface area contributed by atoms with Gasteiger partial charge in [-0.3, -0.25) is 0 Å². The third-order valence-corrected chi connectivity index (χ3v) is 6.70. The molecule has 0 spiro atoms. The molecule has 1 heteroatoms. The SMILES string of the molecule is COc1ccc2c(c1)[C@@]13CCCCC1[C@@H](C2)C(C)CC3. The summed E-state index contributed by atoms with van der Waals surface area (Å²) in [7, 11) is 1.80. The minimum Gasteiger partial charge on any atom is -0.497 e. The quantitative estimate of drug-likeness (QED) is 0.717. The molecule has 4 rings (SSSR count). The fraction of sp³-hybridized carbons (Fsp3) is 0.684. The third-order valence-electron chi connectivity index (χ3n) is 6.70. The summed E-state index contributed by atoms with van der Waals surface area (Å²) in [6.07, 6.45) is 9.91. The van der Waals surface area contributed by atoms with Crippen molar-refractivity contribution < 1.29 is 4.74 Å². The number of hydrogen-bond donors (Lipinski definition) is 0. The molecule has 0 heterocycles. The highest BCUT2D eigenvalue weighted by atomic mass is 16.5. The van der Waals surface area contributed by atoms with Gasteiger partial charge in [-0.15, -0.1) is 0 Å². The van der Waals surface area contributed by atoms with Gasteiger partial charge in [-0.2, -0.15) is 0 Å². The molecule has 20 heavy (non-hydrogen) atoms. The largest absolute Gasteiger partial charge is 0.497 e. The van der Waals surface area contributed by atoms with Crippen molar-refractivity contribution in [1.82, 2.24) is 0 Å². The van der Waals surface area contributed by atoms with Crippen LogP contribution in [0.1, 0.15) is 56.6 Å². The Hall–Kier alpha value is -0.980.